The molecule has 21 heavy (non-hydrogen) atoms. The van der Waals surface area contributed by atoms with Crippen LogP contribution in [-0.2, 0) is 11.3 Å². The van der Waals surface area contributed by atoms with Crippen LogP contribution in [0.25, 0.3) is 0 Å². The molecule has 2 N–H and O–H groups in total. The molecule has 0 radical (unpaired) electrons. The lowest BCUT2D eigenvalue weighted by Gasteiger charge is -2.23. The number of nitrogens with zero attached hydrogens (tertiary/aromatic N) is 1. The molecule has 0 bridgehead atoms. The molecule has 1 aromatic carbocycles. The fraction of sp³-hybridized carbons (Fsp3) is 0.562. The van der Waals surface area contributed by atoms with Crippen molar-refractivity contribution in [3.8, 4) is 0 Å². The van der Waals surface area contributed by atoms with Gasteiger partial charge in [0.2, 0.25) is 5.91 Å². The van der Waals surface area contributed by atoms with Gasteiger partial charge in [-0.1, -0.05) is 22.9 Å². The number of hydrogen-bond donors (Lipinski definition) is 2. The van der Waals surface area contributed by atoms with Gasteiger partial charge in [-0.25, -0.2) is 0 Å². The van der Waals surface area contributed by atoms with Crippen molar-refractivity contribution >= 4 is 27.5 Å². The second-order valence-electron chi connectivity index (χ2n) is 5.53. The van der Waals surface area contributed by atoms with Crippen molar-refractivity contribution < 1.29 is 4.79 Å². The third-order valence-corrected chi connectivity index (χ3v) is 3.52. The van der Waals surface area contributed by atoms with Crippen LogP contribution in [0.5, 0.6) is 0 Å². The van der Waals surface area contributed by atoms with E-state index < -0.39 is 0 Å². The maximum Gasteiger partial charge on any atom is 0.239 e. The molecule has 0 aliphatic carbocycles. The van der Waals surface area contributed by atoms with Crippen molar-refractivity contribution in [1.82, 2.24) is 10.6 Å². The molecule has 1 rings (SSSR count). The Balaban J connectivity index is 2.77. The van der Waals surface area contributed by atoms with E-state index in [1.54, 1.807) is 0 Å². The molecule has 0 saturated heterocycles. The highest BCUT2D eigenvalue weighted by atomic mass is 79.9. The van der Waals surface area contributed by atoms with Crippen LogP contribution in [0.1, 0.15) is 32.8 Å². The van der Waals surface area contributed by atoms with Gasteiger partial charge in [-0.3, -0.25) is 4.79 Å². The van der Waals surface area contributed by atoms with Crippen molar-refractivity contribution in [3.63, 3.8) is 0 Å². The minimum Gasteiger partial charge on any atom is -0.365 e. The number of rotatable bonds is 8. The number of anilines is 1. The Hall–Kier alpha value is -1.07. The summed E-state index contributed by atoms with van der Waals surface area (Å²) in [5.74, 6) is 0.0443. The minimum atomic E-state index is 0.0443. The summed E-state index contributed by atoms with van der Waals surface area (Å²) in [5, 5.41) is 6.33. The van der Waals surface area contributed by atoms with Crippen molar-refractivity contribution in [2.75, 3.05) is 25.0 Å². The summed E-state index contributed by atoms with van der Waals surface area (Å²) in [4.78, 5) is 13.9. The predicted octanol–water partition coefficient (Wildman–Crippen LogP) is 2.91. The first-order chi connectivity index (χ1) is 9.93. The fourth-order valence-electron chi connectivity index (χ4n) is 2.14. The van der Waals surface area contributed by atoms with Gasteiger partial charge in [0.15, 0.2) is 0 Å². The average Bonchev–Trinajstić information content (AvgIpc) is 2.37. The van der Waals surface area contributed by atoms with Gasteiger partial charge in [-0.05, 0) is 50.6 Å². The van der Waals surface area contributed by atoms with Crippen LogP contribution in [0.15, 0.2) is 22.7 Å². The summed E-state index contributed by atoms with van der Waals surface area (Å²) in [6, 6.07) is 6.33. The molecule has 0 unspecified atom stereocenters. The third-order valence-electron chi connectivity index (χ3n) is 3.03. The van der Waals surface area contributed by atoms with Crippen LogP contribution in [-0.4, -0.2) is 32.1 Å². The van der Waals surface area contributed by atoms with Crippen molar-refractivity contribution in [3.05, 3.63) is 28.2 Å². The van der Waals surface area contributed by atoms with E-state index in [0.717, 1.165) is 29.7 Å². The van der Waals surface area contributed by atoms with E-state index in [9.17, 15) is 4.79 Å². The Morgan fingerprint density at radius 2 is 2.10 bits per heavy atom. The van der Waals surface area contributed by atoms with Crippen molar-refractivity contribution in [1.29, 1.82) is 0 Å². The average molecular weight is 356 g/mol. The van der Waals surface area contributed by atoms with E-state index >= 15 is 0 Å². The number of hydrogen-bond acceptors (Lipinski definition) is 3. The minimum absolute atomic E-state index is 0.0443. The number of carbonyl (C=O) groups excluding carboxylic acids is 1. The lowest BCUT2D eigenvalue weighted by atomic mass is 10.1. The van der Waals surface area contributed by atoms with E-state index in [-0.39, 0.29) is 11.9 Å². The number of amides is 1. The molecule has 0 saturated carbocycles. The predicted molar refractivity (Wildman–Crippen MR) is 92.7 cm³/mol. The number of nitrogens with one attached hydrogen (secondary N) is 2. The van der Waals surface area contributed by atoms with E-state index in [1.807, 2.05) is 31.9 Å². The van der Waals surface area contributed by atoms with Crippen LogP contribution in [0.2, 0.25) is 0 Å². The zero-order chi connectivity index (χ0) is 15.8. The first-order valence-corrected chi connectivity index (χ1v) is 8.23. The maximum absolute atomic E-state index is 11.9. The Bertz CT molecular complexity index is 463. The van der Waals surface area contributed by atoms with E-state index in [0.29, 0.717) is 6.54 Å². The molecule has 0 spiro atoms. The largest absolute Gasteiger partial charge is 0.365 e. The molecule has 5 heteroatoms. The van der Waals surface area contributed by atoms with E-state index in [1.165, 1.54) is 5.56 Å². The van der Waals surface area contributed by atoms with Crippen LogP contribution in [0.3, 0.4) is 0 Å². The summed E-state index contributed by atoms with van der Waals surface area (Å²) in [6.45, 7) is 8.25. The summed E-state index contributed by atoms with van der Waals surface area (Å²) >= 11 is 3.51. The SMILES string of the molecule is CCCNCc1cc(Br)ccc1N(C)CC(=O)NC(C)C. The highest BCUT2D eigenvalue weighted by molar-refractivity contribution is 9.10. The molecule has 1 amide bonds. The number of benzene rings is 1. The first-order valence-electron chi connectivity index (χ1n) is 7.43. The topological polar surface area (TPSA) is 44.4 Å². The Morgan fingerprint density at radius 1 is 1.38 bits per heavy atom. The molecule has 1 aromatic rings. The summed E-state index contributed by atoms with van der Waals surface area (Å²) < 4.78 is 1.06. The molecule has 118 valence electrons. The van der Waals surface area contributed by atoms with E-state index in [2.05, 4.69) is 45.6 Å². The fourth-order valence-corrected chi connectivity index (χ4v) is 2.54. The molecule has 4 nitrogen and oxygen atoms in total. The lowest BCUT2D eigenvalue weighted by Crippen LogP contribution is -2.39. The van der Waals surface area contributed by atoms with Gasteiger partial charge in [0, 0.05) is 29.8 Å². The van der Waals surface area contributed by atoms with Gasteiger partial charge in [0.1, 0.15) is 0 Å². The molecular formula is C16H26BrN3O. The summed E-state index contributed by atoms with van der Waals surface area (Å²) in [7, 11) is 1.95. The van der Waals surface area contributed by atoms with Crippen molar-refractivity contribution in [2.24, 2.45) is 0 Å². The van der Waals surface area contributed by atoms with E-state index in [4.69, 9.17) is 0 Å². The quantitative estimate of drug-likeness (QED) is 0.704. The Morgan fingerprint density at radius 3 is 2.71 bits per heavy atom. The highest BCUT2D eigenvalue weighted by Crippen LogP contribution is 2.23. The van der Waals surface area contributed by atoms with Crippen LogP contribution in [0, 0.1) is 0 Å². The van der Waals surface area contributed by atoms with Gasteiger partial charge in [0.25, 0.3) is 0 Å². The van der Waals surface area contributed by atoms with Gasteiger partial charge in [0.05, 0.1) is 6.54 Å². The molecule has 0 aliphatic rings. The lowest BCUT2D eigenvalue weighted by molar-refractivity contribution is -0.120. The zero-order valence-corrected chi connectivity index (χ0v) is 15.0. The van der Waals surface area contributed by atoms with Crippen LogP contribution in [0.4, 0.5) is 5.69 Å². The summed E-state index contributed by atoms with van der Waals surface area (Å²) in [6.07, 6.45) is 1.11. The van der Waals surface area contributed by atoms with Gasteiger partial charge in [-0.15, -0.1) is 0 Å². The zero-order valence-electron chi connectivity index (χ0n) is 13.4. The standard InChI is InChI=1S/C16H26BrN3O/c1-5-8-18-10-13-9-14(17)6-7-15(13)20(4)11-16(21)19-12(2)3/h6-7,9,12,18H,5,8,10-11H2,1-4H3,(H,19,21). The molecule has 0 heterocycles. The van der Waals surface area contributed by atoms with Gasteiger partial charge in [-0.2, -0.15) is 0 Å². The van der Waals surface area contributed by atoms with Gasteiger partial charge >= 0.3 is 0 Å². The second-order valence-corrected chi connectivity index (χ2v) is 6.44. The van der Waals surface area contributed by atoms with Crippen LogP contribution < -0.4 is 15.5 Å². The molecule has 0 aliphatic heterocycles. The second kappa shape index (κ2) is 9.05. The first kappa shape index (κ1) is 18.0. The summed E-state index contributed by atoms with van der Waals surface area (Å²) in [5.41, 5.74) is 2.28. The number of halogens is 1. The molecule has 0 fully saturated rings. The Labute approximate surface area is 136 Å². The number of carbonyl (C=O) groups is 1. The third kappa shape index (κ3) is 6.48. The smallest absolute Gasteiger partial charge is 0.239 e. The number of likely N-dealkylation sites (N-methyl/N-ethyl adjacent to an activating group) is 1. The monoisotopic (exact) mass is 355 g/mol. The molecule has 0 aromatic heterocycles. The highest BCUT2D eigenvalue weighted by Gasteiger charge is 2.12. The van der Waals surface area contributed by atoms with Crippen molar-refractivity contribution in [2.45, 2.75) is 39.8 Å². The van der Waals surface area contributed by atoms with Crippen LogP contribution >= 0.6 is 15.9 Å². The Kier molecular flexibility index (Phi) is 7.75. The normalized spacial score (nSPS) is 10.8. The van der Waals surface area contributed by atoms with Gasteiger partial charge < -0.3 is 15.5 Å². The molecule has 0 atom stereocenters. The molecular weight excluding hydrogens is 330 g/mol. The maximum atomic E-state index is 11.9.